The van der Waals surface area contributed by atoms with Gasteiger partial charge in [0.1, 0.15) is 17.5 Å². The van der Waals surface area contributed by atoms with E-state index in [0.717, 1.165) is 28.4 Å². The zero-order valence-electron chi connectivity index (χ0n) is 21.4. The number of hydrogen-bond donors (Lipinski definition) is 2. The number of aromatic amines is 1. The number of H-pyrrole nitrogens is 1. The number of carbonyl (C=O) groups is 1. The number of anilines is 1. The van der Waals surface area contributed by atoms with E-state index in [0.29, 0.717) is 45.4 Å². The smallest absolute Gasteiger partial charge is 0.346 e. The van der Waals surface area contributed by atoms with Crippen LogP contribution in [0, 0.1) is 11.3 Å². The third-order valence-corrected chi connectivity index (χ3v) is 7.84. The van der Waals surface area contributed by atoms with Crippen molar-refractivity contribution in [3.8, 4) is 17.3 Å². The predicted octanol–water partition coefficient (Wildman–Crippen LogP) is 4.46. The summed E-state index contributed by atoms with van der Waals surface area (Å²) in [4.78, 5) is 28.3. The minimum absolute atomic E-state index is 0.203. The predicted molar refractivity (Wildman–Crippen MR) is 140 cm³/mol. The standard InChI is InChI=1S/C27H26F3N9O/c28-27(29,30)21-3-1-2-4-22(21)36-25(40)37-11-6-19(7-12-37)38-15-26(16-38,8-9-31)39-14-18(13-35-39)23-20-5-10-32-24(20)34-17-33-23/h1-5,10,13-14,17,19H,6-8,11-12,15-16H2,(H,36,40)(H,32,33,34). The number of aromatic nitrogens is 5. The molecule has 2 fully saturated rings. The summed E-state index contributed by atoms with van der Waals surface area (Å²) >= 11 is 0. The number of rotatable bonds is 5. The number of halogens is 3. The first kappa shape index (κ1) is 25.8. The number of nitrogens with one attached hydrogen (secondary N) is 2. The maximum absolute atomic E-state index is 13.3. The SMILES string of the molecule is N#CCC1(n2cc(-c3ncnc4[nH]ccc34)cn2)CN(C2CCN(C(=O)Nc3ccccc3C(F)(F)F)CC2)C1. The fourth-order valence-corrected chi connectivity index (χ4v) is 5.73. The molecule has 3 aromatic heterocycles. The van der Waals surface area contributed by atoms with Gasteiger partial charge >= 0.3 is 12.2 Å². The van der Waals surface area contributed by atoms with Crippen LogP contribution < -0.4 is 5.32 Å². The molecule has 13 heteroatoms. The number of fused-ring (bicyclic) bond motifs is 1. The monoisotopic (exact) mass is 549 g/mol. The molecule has 0 unspecified atom stereocenters. The quantitative estimate of drug-likeness (QED) is 0.380. The summed E-state index contributed by atoms with van der Waals surface area (Å²) in [7, 11) is 0. The number of para-hydroxylation sites is 1. The molecular formula is C27H26F3N9O. The van der Waals surface area contributed by atoms with E-state index in [2.05, 4.69) is 36.3 Å². The molecule has 2 N–H and O–H groups in total. The Kier molecular flexibility index (Phi) is 6.42. The number of benzene rings is 1. The molecule has 2 amide bonds. The summed E-state index contributed by atoms with van der Waals surface area (Å²) in [6, 6.07) is 8.86. The highest BCUT2D eigenvalue weighted by Gasteiger charge is 2.48. The van der Waals surface area contributed by atoms with Gasteiger partial charge in [0.05, 0.1) is 35.6 Å². The highest BCUT2D eigenvalue weighted by atomic mass is 19.4. The lowest BCUT2D eigenvalue weighted by atomic mass is 9.84. The van der Waals surface area contributed by atoms with Gasteiger partial charge in [-0.3, -0.25) is 9.58 Å². The first-order valence-electron chi connectivity index (χ1n) is 12.9. The van der Waals surface area contributed by atoms with Crippen LogP contribution in [0.3, 0.4) is 0 Å². The summed E-state index contributed by atoms with van der Waals surface area (Å²) < 4.78 is 41.8. The van der Waals surface area contributed by atoms with Gasteiger partial charge in [-0.15, -0.1) is 0 Å². The second kappa shape index (κ2) is 9.95. The molecule has 0 aliphatic carbocycles. The van der Waals surface area contributed by atoms with E-state index in [4.69, 9.17) is 0 Å². The van der Waals surface area contributed by atoms with Crippen molar-refractivity contribution in [2.75, 3.05) is 31.5 Å². The summed E-state index contributed by atoms with van der Waals surface area (Å²) in [6.07, 6.45) is 4.12. The molecule has 0 atom stereocenters. The fraction of sp³-hybridized carbons (Fsp3) is 0.370. The van der Waals surface area contributed by atoms with Crippen molar-refractivity contribution in [3.05, 3.63) is 60.8 Å². The maximum Gasteiger partial charge on any atom is 0.418 e. The van der Waals surface area contributed by atoms with E-state index in [1.54, 1.807) is 11.1 Å². The van der Waals surface area contributed by atoms with Crippen LogP contribution in [0.25, 0.3) is 22.3 Å². The van der Waals surface area contributed by atoms with E-state index in [-0.39, 0.29) is 11.7 Å². The highest BCUT2D eigenvalue weighted by molar-refractivity contribution is 5.91. The van der Waals surface area contributed by atoms with E-state index < -0.39 is 23.3 Å². The van der Waals surface area contributed by atoms with Gasteiger partial charge in [0.2, 0.25) is 0 Å². The molecule has 40 heavy (non-hydrogen) atoms. The summed E-state index contributed by atoms with van der Waals surface area (Å²) in [5, 5.41) is 17.5. The van der Waals surface area contributed by atoms with Crippen LogP contribution in [0.1, 0.15) is 24.8 Å². The largest absolute Gasteiger partial charge is 0.418 e. The topological polar surface area (TPSA) is 119 Å². The van der Waals surface area contributed by atoms with Crippen LogP contribution in [-0.2, 0) is 11.7 Å². The highest BCUT2D eigenvalue weighted by Crippen LogP contribution is 2.38. The summed E-state index contributed by atoms with van der Waals surface area (Å²) in [5.41, 5.74) is 0.769. The van der Waals surface area contributed by atoms with E-state index in [1.165, 1.54) is 24.5 Å². The minimum Gasteiger partial charge on any atom is -0.346 e. The molecule has 6 rings (SSSR count). The van der Waals surface area contributed by atoms with E-state index >= 15 is 0 Å². The lowest BCUT2D eigenvalue weighted by Gasteiger charge is -2.53. The molecule has 0 bridgehead atoms. The van der Waals surface area contributed by atoms with Crippen LogP contribution in [0.5, 0.6) is 0 Å². The van der Waals surface area contributed by atoms with Gasteiger partial charge in [-0.05, 0) is 31.0 Å². The van der Waals surface area contributed by atoms with E-state index in [1.807, 2.05) is 23.1 Å². The van der Waals surface area contributed by atoms with Gasteiger partial charge in [-0.25, -0.2) is 14.8 Å². The molecule has 4 aromatic rings. The van der Waals surface area contributed by atoms with Crippen molar-refractivity contribution in [3.63, 3.8) is 0 Å². The number of piperidine rings is 1. The number of nitriles is 1. The van der Waals surface area contributed by atoms with Crippen LogP contribution in [-0.4, -0.2) is 72.8 Å². The van der Waals surface area contributed by atoms with Crippen LogP contribution in [0.4, 0.5) is 23.7 Å². The first-order chi connectivity index (χ1) is 19.3. The van der Waals surface area contributed by atoms with Crippen molar-refractivity contribution in [1.82, 2.24) is 34.5 Å². The van der Waals surface area contributed by atoms with Gasteiger partial charge in [-0.1, -0.05) is 12.1 Å². The lowest BCUT2D eigenvalue weighted by molar-refractivity contribution is -0.136. The van der Waals surface area contributed by atoms with Crippen LogP contribution >= 0.6 is 0 Å². The number of hydrogen-bond acceptors (Lipinski definition) is 6. The minimum atomic E-state index is -4.55. The number of likely N-dealkylation sites (tertiary alicyclic amines) is 2. The molecule has 2 saturated heterocycles. The van der Waals surface area contributed by atoms with Gasteiger partial charge in [-0.2, -0.15) is 23.5 Å². The van der Waals surface area contributed by atoms with Crippen molar-refractivity contribution >= 4 is 22.8 Å². The Hall–Kier alpha value is -4.44. The first-order valence-corrected chi connectivity index (χ1v) is 12.9. The van der Waals surface area contributed by atoms with Crippen LogP contribution in [0.15, 0.2) is 55.2 Å². The summed E-state index contributed by atoms with van der Waals surface area (Å²) in [6.45, 7) is 2.14. The molecule has 2 aliphatic rings. The summed E-state index contributed by atoms with van der Waals surface area (Å²) in [5.74, 6) is 0. The average molecular weight is 550 g/mol. The Labute approximate surface area is 227 Å². The lowest BCUT2D eigenvalue weighted by Crippen LogP contribution is -2.66. The van der Waals surface area contributed by atoms with Crippen molar-refractivity contribution in [2.24, 2.45) is 0 Å². The Morgan fingerprint density at radius 2 is 1.95 bits per heavy atom. The Bertz CT molecular complexity index is 1570. The van der Waals surface area contributed by atoms with Crippen molar-refractivity contribution < 1.29 is 18.0 Å². The third-order valence-electron chi connectivity index (χ3n) is 7.84. The number of urea groups is 1. The second-order valence-electron chi connectivity index (χ2n) is 10.3. The molecule has 0 spiro atoms. The van der Waals surface area contributed by atoms with Gasteiger partial charge in [0, 0.05) is 55.6 Å². The molecule has 5 heterocycles. The van der Waals surface area contributed by atoms with E-state index in [9.17, 15) is 23.2 Å². The van der Waals surface area contributed by atoms with Crippen LogP contribution in [0.2, 0.25) is 0 Å². The Morgan fingerprint density at radius 1 is 1.18 bits per heavy atom. The molecule has 2 aliphatic heterocycles. The molecular weight excluding hydrogens is 523 g/mol. The zero-order valence-corrected chi connectivity index (χ0v) is 21.4. The Morgan fingerprint density at radius 3 is 2.70 bits per heavy atom. The van der Waals surface area contributed by atoms with Gasteiger partial charge in [0.25, 0.3) is 0 Å². The number of nitrogens with zero attached hydrogens (tertiary/aromatic N) is 7. The van der Waals surface area contributed by atoms with Crippen molar-refractivity contribution in [2.45, 2.75) is 37.0 Å². The number of carbonyl (C=O) groups excluding carboxylic acids is 1. The second-order valence-corrected chi connectivity index (χ2v) is 10.3. The third kappa shape index (κ3) is 4.64. The average Bonchev–Trinajstić information content (AvgIpc) is 3.61. The molecule has 206 valence electrons. The molecule has 0 saturated carbocycles. The maximum atomic E-state index is 13.3. The number of alkyl halides is 3. The number of amides is 2. The molecule has 1 aromatic carbocycles. The zero-order chi connectivity index (χ0) is 27.9. The molecule has 10 nitrogen and oxygen atoms in total. The Balaban J connectivity index is 1.09. The van der Waals surface area contributed by atoms with Crippen molar-refractivity contribution in [1.29, 1.82) is 5.26 Å². The fourth-order valence-electron chi connectivity index (χ4n) is 5.73. The molecule has 0 radical (unpaired) electrons. The normalized spacial score (nSPS) is 17.9. The van der Waals surface area contributed by atoms with Gasteiger partial charge in [0.15, 0.2) is 0 Å². The van der Waals surface area contributed by atoms with Gasteiger partial charge < -0.3 is 15.2 Å².